The van der Waals surface area contributed by atoms with Crippen LogP contribution in [0.15, 0.2) is 109 Å². The van der Waals surface area contributed by atoms with Gasteiger partial charge in [0.25, 0.3) is 10.1 Å². The summed E-state index contributed by atoms with van der Waals surface area (Å²) in [6.45, 7) is 0. The summed E-state index contributed by atoms with van der Waals surface area (Å²) in [6.07, 6.45) is 0. The third-order valence-corrected chi connectivity index (χ3v) is 6.42. The van der Waals surface area contributed by atoms with E-state index in [2.05, 4.69) is 20.5 Å². The molecule has 0 aromatic heterocycles. The van der Waals surface area contributed by atoms with Crippen LogP contribution >= 0.6 is 0 Å². The summed E-state index contributed by atoms with van der Waals surface area (Å²) in [6, 6.07) is 19.1. The molecule has 36 heavy (non-hydrogen) atoms. The fourth-order valence-corrected chi connectivity index (χ4v) is 4.48. The van der Waals surface area contributed by atoms with E-state index in [4.69, 9.17) is 0 Å². The van der Waals surface area contributed by atoms with Crippen molar-refractivity contribution in [3.63, 3.8) is 0 Å². The molecule has 0 aliphatic rings. The number of phenols is 1. The van der Waals surface area contributed by atoms with Crippen molar-refractivity contribution >= 4 is 53.8 Å². The van der Waals surface area contributed by atoms with Crippen molar-refractivity contribution in [1.29, 1.82) is 0 Å². The predicted molar refractivity (Wildman–Crippen MR) is 125 cm³/mol. The molecule has 0 amide bonds. The van der Waals surface area contributed by atoms with Gasteiger partial charge in [-0.3, -0.25) is 4.55 Å². The molecule has 0 bridgehead atoms. The second-order valence-electron chi connectivity index (χ2n) is 7.13. The minimum Gasteiger partial charge on any atom is -0.744 e. The Morgan fingerprint density at radius 3 is 1.75 bits per heavy atom. The van der Waals surface area contributed by atoms with Crippen LogP contribution in [0.5, 0.6) is 5.75 Å². The van der Waals surface area contributed by atoms with E-state index in [1.54, 1.807) is 36.4 Å². The molecular formula is C22H15N4NaO7S2. The van der Waals surface area contributed by atoms with Crippen molar-refractivity contribution in [2.45, 2.75) is 9.79 Å². The van der Waals surface area contributed by atoms with Gasteiger partial charge in [-0.05, 0) is 60.0 Å². The van der Waals surface area contributed by atoms with Gasteiger partial charge in [0.15, 0.2) is 0 Å². The summed E-state index contributed by atoms with van der Waals surface area (Å²) in [5.74, 6) is -0.489. The van der Waals surface area contributed by atoms with Crippen LogP contribution in [0.3, 0.4) is 0 Å². The van der Waals surface area contributed by atoms with Gasteiger partial charge in [0, 0.05) is 5.39 Å². The summed E-state index contributed by atoms with van der Waals surface area (Å²) in [4.78, 5) is -1.78. The maximum absolute atomic E-state index is 12.0. The zero-order valence-corrected chi connectivity index (χ0v) is 22.2. The molecule has 0 aliphatic heterocycles. The van der Waals surface area contributed by atoms with Gasteiger partial charge in [-0.25, -0.2) is 8.42 Å². The van der Waals surface area contributed by atoms with E-state index in [1.807, 2.05) is 18.2 Å². The summed E-state index contributed by atoms with van der Waals surface area (Å²) in [5, 5.41) is 26.0. The molecule has 11 nitrogen and oxygen atoms in total. The van der Waals surface area contributed by atoms with Crippen LogP contribution in [-0.2, 0) is 20.2 Å². The van der Waals surface area contributed by atoms with Crippen LogP contribution in [0.4, 0.5) is 22.7 Å². The number of nitrogens with zero attached hydrogens (tertiary/aromatic N) is 4. The van der Waals surface area contributed by atoms with Crippen LogP contribution in [-0.4, -0.2) is 31.0 Å². The van der Waals surface area contributed by atoms with E-state index in [-0.39, 0.29) is 46.0 Å². The molecule has 178 valence electrons. The molecule has 2 N–H and O–H groups in total. The van der Waals surface area contributed by atoms with E-state index in [1.165, 1.54) is 6.07 Å². The van der Waals surface area contributed by atoms with Crippen molar-refractivity contribution in [3.05, 3.63) is 78.9 Å². The SMILES string of the molecule is O=S(=O)([O-])c1cc(S(=O)(=O)O)c2c(N=Nc3ccc(N=Nc4ccccc4)cc3)c(O)ccc2c1.[Na+]. The van der Waals surface area contributed by atoms with Gasteiger partial charge in [0.2, 0.25) is 0 Å². The molecule has 0 fully saturated rings. The van der Waals surface area contributed by atoms with Crippen molar-refractivity contribution in [3.8, 4) is 5.75 Å². The Morgan fingerprint density at radius 2 is 1.22 bits per heavy atom. The number of fused-ring (bicyclic) bond motifs is 1. The van der Waals surface area contributed by atoms with Crippen molar-refractivity contribution in [2.75, 3.05) is 0 Å². The van der Waals surface area contributed by atoms with Gasteiger partial charge < -0.3 is 9.66 Å². The van der Waals surface area contributed by atoms with Crippen molar-refractivity contribution in [1.82, 2.24) is 0 Å². The predicted octanol–water partition coefficient (Wildman–Crippen LogP) is 2.53. The van der Waals surface area contributed by atoms with E-state index in [0.717, 1.165) is 12.1 Å². The zero-order chi connectivity index (χ0) is 25.2. The van der Waals surface area contributed by atoms with Gasteiger partial charge in [-0.15, -0.1) is 5.11 Å². The first-order valence-corrected chi connectivity index (χ1v) is 12.6. The summed E-state index contributed by atoms with van der Waals surface area (Å²) in [7, 11) is -10.0. The van der Waals surface area contributed by atoms with Crippen LogP contribution < -0.4 is 29.6 Å². The Hall–Kier alpha value is -3.04. The second kappa shape index (κ2) is 10.9. The van der Waals surface area contributed by atoms with E-state index in [9.17, 15) is 31.0 Å². The summed E-state index contributed by atoms with van der Waals surface area (Å²) < 4.78 is 67.9. The van der Waals surface area contributed by atoms with E-state index in [0.29, 0.717) is 23.1 Å². The number of hydrogen-bond acceptors (Lipinski definition) is 10. The Balaban J connectivity index is 0.00000361. The monoisotopic (exact) mass is 534 g/mol. The molecule has 0 radical (unpaired) electrons. The molecule has 4 aromatic rings. The number of aromatic hydroxyl groups is 1. The number of hydrogen-bond donors (Lipinski definition) is 2. The third-order valence-electron chi connectivity index (χ3n) is 4.73. The Morgan fingerprint density at radius 1 is 0.694 bits per heavy atom. The second-order valence-corrected chi connectivity index (χ2v) is 9.90. The topological polar surface area (TPSA) is 181 Å². The normalized spacial score (nSPS) is 12.3. The number of rotatable bonds is 6. The average Bonchev–Trinajstić information content (AvgIpc) is 2.81. The first-order chi connectivity index (χ1) is 16.5. The molecule has 4 aromatic carbocycles. The van der Waals surface area contributed by atoms with Gasteiger partial charge in [-0.1, -0.05) is 24.3 Å². The first-order valence-electron chi connectivity index (χ1n) is 9.74. The number of phenolic OH excluding ortho intramolecular Hbond substituents is 1. The fraction of sp³-hybridized carbons (Fsp3) is 0. The zero-order valence-electron chi connectivity index (χ0n) is 18.5. The van der Waals surface area contributed by atoms with Crippen LogP contribution in [0, 0.1) is 0 Å². The fourth-order valence-electron chi connectivity index (χ4n) is 3.12. The maximum Gasteiger partial charge on any atom is 1.00 e. The number of azo groups is 2. The smallest absolute Gasteiger partial charge is 0.744 e. The quantitative estimate of drug-likeness (QED) is 0.216. The van der Waals surface area contributed by atoms with E-state index < -0.39 is 35.8 Å². The Bertz CT molecular complexity index is 1690. The molecule has 0 atom stereocenters. The minimum atomic E-state index is -5.04. The van der Waals surface area contributed by atoms with Gasteiger partial charge >= 0.3 is 29.6 Å². The van der Waals surface area contributed by atoms with Gasteiger partial charge in [-0.2, -0.15) is 23.8 Å². The van der Waals surface area contributed by atoms with Crippen LogP contribution in [0.1, 0.15) is 0 Å². The molecular weight excluding hydrogens is 519 g/mol. The van der Waals surface area contributed by atoms with Crippen molar-refractivity contribution in [2.24, 2.45) is 20.5 Å². The largest absolute Gasteiger partial charge is 1.00 e. The molecule has 0 heterocycles. The van der Waals surface area contributed by atoms with Crippen LogP contribution in [0.25, 0.3) is 10.8 Å². The Kier molecular flexibility index (Phi) is 8.36. The summed E-state index contributed by atoms with van der Waals surface area (Å²) >= 11 is 0. The average molecular weight is 535 g/mol. The molecule has 4 rings (SSSR count). The first kappa shape index (κ1) is 27.5. The molecule has 0 unspecified atom stereocenters. The molecule has 0 spiro atoms. The Labute approximate surface area is 228 Å². The van der Waals surface area contributed by atoms with Gasteiger partial charge in [0.1, 0.15) is 26.5 Å². The van der Waals surface area contributed by atoms with Crippen molar-refractivity contribution < 1.29 is 60.6 Å². The maximum atomic E-state index is 12.0. The van der Waals surface area contributed by atoms with Crippen LogP contribution in [0.2, 0.25) is 0 Å². The standard InChI is InChI=1S/C22H16N4O7S2.Na/c27-19-11-6-14-12-18(34(28,29)30)13-20(35(31,32)33)21(14)22(19)26-25-17-9-7-16(8-10-17)24-23-15-4-2-1-3-5-15;/h1-13,27H,(H,28,29,30)(H,31,32,33);/q;+1/p-1. The minimum absolute atomic E-state index is 0. The molecule has 0 saturated carbocycles. The van der Waals surface area contributed by atoms with Gasteiger partial charge in [0.05, 0.1) is 22.0 Å². The van der Waals surface area contributed by atoms with E-state index >= 15 is 0 Å². The summed E-state index contributed by atoms with van der Waals surface area (Å²) in [5.41, 5.74) is 1.16. The number of benzene rings is 4. The molecule has 0 saturated heterocycles. The third kappa shape index (κ3) is 6.39. The molecule has 0 aliphatic carbocycles. The molecule has 14 heteroatoms.